The molecule has 1 aromatic carbocycles. The number of alkyl halides is 3. The number of anilines is 1. The second-order valence-electron chi connectivity index (χ2n) is 10.1. The number of nitrogens with one attached hydrogen (secondary N) is 1. The Bertz CT molecular complexity index is 1410. The van der Waals surface area contributed by atoms with E-state index in [0.29, 0.717) is 24.4 Å². The molecular weight excluding hydrogens is 493 g/mol. The van der Waals surface area contributed by atoms with Gasteiger partial charge in [0.1, 0.15) is 30.5 Å². The summed E-state index contributed by atoms with van der Waals surface area (Å²) >= 11 is 0. The van der Waals surface area contributed by atoms with Crippen LogP contribution in [0.25, 0.3) is 10.9 Å². The number of rotatable bonds is 6. The fourth-order valence-electron chi connectivity index (χ4n) is 5.62. The smallest absolute Gasteiger partial charge is 0.367 e. The van der Waals surface area contributed by atoms with E-state index in [1.807, 2.05) is 12.1 Å². The molecule has 0 atom stereocenters. The predicted octanol–water partition coefficient (Wildman–Crippen LogP) is 4.13. The number of aromatic nitrogens is 3. The third kappa shape index (κ3) is 5.45. The third-order valence-electron chi connectivity index (χ3n) is 7.62. The van der Waals surface area contributed by atoms with Crippen LogP contribution in [-0.2, 0) is 26.1 Å². The minimum absolute atomic E-state index is 0.146. The van der Waals surface area contributed by atoms with Crippen molar-refractivity contribution in [1.29, 1.82) is 10.5 Å². The molecule has 198 valence electrons. The van der Waals surface area contributed by atoms with E-state index in [1.165, 1.54) is 16.8 Å². The summed E-state index contributed by atoms with van der Waals surface area (Å²) in [7, 11) is 0. The highest BCUT2D eigenvalue weighted by atomic mass is 19.4. The number of hydrogen-bond donors (Lipinski definition) is 1. The van der Waals surface area contributed by atoms with Crippen LogP contribution in [0.4, 0.5) is 19.0 Å². The van der Waals surface area contributed by atoms with E-state index < -0.39 is 12.7 Å². The summed E-state index contributed by atoms with van der Waals surface area (Å²) in [5, 5.41) is 23.2. The standard InChI is InChI=1S/C27H29F3N8/c1-18-19(2-3-25-23(18)12-21(13-32)38(25)11-7-31)14-36-8-4-20(5-9-36)35-26-22-6-10-37(16-27(28,29)30)15-24(22)33-17-34-26/h2-3,12,17,20H,4-6,8-11,14-16H2,1H3,(H,33,34,35). The molecule has 5 rings (SSSR count). The number of halogens is 3. The van der Waals surface area contributed by atoms with Crippen molar-refractivity contribution < 1.29 is 13.2 Å². The highest BCUT2D eigenvalue weighted by Crippen LogP contribution is 2.29. The molecule has 0 spiro atoms. The van der Waals surface area contributed by atoms with Crippen LogP contribution in [0.1, 0.15) is 40.9 Å². The molecule has 0 bridgehead atoms. The Morgan fingerprint density at radius 3 is 2.61 bits per heavy atom. The van der Waals surface area contributed by atoms with Gasteiger partial charge in [-0.15, -0.1) is 0 Å². The molecule has 0 amide bonds. The van der Waals surface area contributed by atoms with Crippen LogP contribution in [0.15, 0.2) is 24.5 Å². The summed E-state index contributed by atoms with van der Waals surface area (Å²) in [4.78, 5) is 12.5. The average molecular weight is 523 g/mol. The zero-order valence-corrected chi connectivity index (χ0v) is 21.2. The molecule has 0 aliphatic carbocycles. The Labute approximate surface area is 219 Å². The van der Waals surface area contributed by atoms with E-state index in [9.17, 15) is 18.4 Å². The van der Waals surface area contributed by atoms with E-state index in [2.05, 4.69) is 45.3 Å². The van der Waals surface area contributed by atoms with Gasteiger partial charge in [-0.3, -0.25) is 9.80 Å². The summed E-state index contributed by atoms with van der Waals surface area (Å²) in [6.07, 6.45) is -0.423. The lowest BCUT2D eigenvalue weighted by molar-refractivity contribution is -0.147. The van der Waals surface area contributed by atoms with Crippen molar-refractivity contribution in [2.24, 2.45) is 0 Å². The number of fused-ring (bicyclic) bond motifs is 2. The quantitative estimate of drug-likeness (QED) is 0.520. The Balaban J connectivity index is 1.21. The van der Waals surface area contributed by atoms with Crippen molar-refractivity contribution in [2.75, 3.05) is 31.5 Å². The van der Waals surface area contributed by atoms with Gasteiger partial charge in [0.05, 0.1) is 23.8 Å². The number of hydrogen-bond acceptors (Lipinski definition) is 7. The molecule has 0 unspecified atom stereocenters. The van der Waals surface area contributed by atoms with Crippen molar-refractivity contribution >= 4 is 16.7 Å². The first kappa shape index (κ1) is 26.0. The summed E-state index contributed by atoms with van der Waals surface area (Å²) in [5.74, 6) is 0.747. The van der Waals surface area contributed by atoms with Gasteiger partial charge in [-0.1, -0.05) is 6.07 Å². The monoisotopic (exact) mass is 522 g/mol. The lowest BCUT2D eigenvalue weighted by Gasteiger charge is -2.34. The van der Waals surface area contributed by atoms with Crippen molar-refractivity contribution in [3.8, 4) is 12.1 Å². The normalized spacial score (nSPS) is 17.2. The van der Waals surface area contributed by atoms with Crippen LogP contribution in [0, 0.1) is 29.6 Å². The summed E-state index contributed by atoms with van der Waals surface area (Å²) < 4.78 is 40.2. The highest BCUT2D eigenvalue weighted by Gasteiger charge is 2.33. The second kappa shape index (κ2) is 10.6. The molecule has 4 heterocycles. The molecule has 2 aromatic heterocycles. The van der Waals surface area contributed by atoms with Gasteiger partial charge in [0.15, 0.2) is 0 Å². The van der Waals surface area contributed by atoms with Crippen molar-refractivity contribution in [3.63, 3.8) is 0 Å². The molecule has 2 aliphatic heterocycles. The molecule has 1 N–H and O–H groups in total. The van der Waals surface area contributed by atoms with Crippen molar-refractivity contribution in [2.45, 2.75) is 58.0 Å². The largest absolute Gasteiger partial charge is 0.401 e. The number of nitriles is 2. The van der Waals surface area contributed by atoms with Gasteiger partial charge in [0.25, 0.3) is 0 Å². The molecule has 38 heavy (non-hydrogen) atoms. The number of nitrogens with zero attached hydrogens (tertiary/aromatic N) is 7. The predicted molar refractivity (Wildman–Crippen MR) is 136 cm³/mol. The SMILES string of the molecule is Cc1c(CN2CCC(Nc3ncnc4c3CCN(CC(F)(F)F)C4)CC2)ccc2c1cc(C#N)n2CC#N. The molecule has 1 fully saturated rings. The maximum Gasteiger partial charge on any atom is 0.401 e. The van der Waals surface area contributed by atoms with E-state index in [4.69, 9.17) is 5.26 Å². The molecule has 1 saturated heterocycles. The lowest BCUT2D eigenvalue weighted by atomic mass is 10.00. The summed E-state index contributed by atoms with van der Waals surface area (Å²) in [6, 6.07) is 10.5. The summed E-state index contributed by atoms with van der Waals surface area (Å²) in [6.45, 7) is 4.43. The third-order valence-corrected chi connectivity index (χ3v) is 7.62. The van der Waals surface area contributed by atoms with Gasteiger partial charge < -0.3 is 9.88 Å². The Hall–Kier alpha value is -3.67. The highest BCUT2D eigenvalue weighted by molar-refractivity contribution is 5.86. The van der Waals surface area contributed by atoms with Gasteiger partial charge in [0.2, 0.25) is 0 Å². The maximum absolute atomic E-state index is 12.8. The fraction of sp³-hybridized carbons (Fsp3) is 0.481. The van der Waals surface area contributed by atoms with Gasteiger partial charge in [-0.25, -0.2) is 9.97 Å². The molecule has 11 heteroatoms. The first-order chi connectivity index (χ1) is 18.3. The number of aryl methyl sites for hydroxylation is 1. The fourth-order valence-corrected chi connectivity index (χ4v) is 5.62. The maximum atomic E-state index is 12.8. The topological polar surface area (TPSA) is 96.8 Å². The molecular formula is C27H29F3N8. The number of benzene rings is 1. The van der Waals surface area contributed by atoms with Gasteiger partial charge >= 0.3 is 6.18 Å². The van der Waals surface area contributed by atoms with Crippen LogP contribution in [0.5, 0.6) is 0 Å². The average Bonchev–Trinajstić information content (AvgIpc) is 3.24. The number of piperidine rings is 1. The Morgan fingerprint density at radius 1 is 1.11 bits per heavy atom. The van der Waals surface area contributed by atoms with E-state index in [-0.39, 0.29) is 19.1 Å². The molecule has 3 aromatic rings. The minimum Gasteiger partial charge on any atom is -0.367 e. The van der Waals surface area contributed by atoms with Crippen LogP contribution >= 0.6 is 0 Å². The van der Waals surface area contributed by atoms with E-state index in [1.54, 1.807) is 4.57 Å². The van der Waals surface area contributed by atoms with Crippen LogP contribution < -0.4 is 5.32 Å². The lowest BCUT2D eigenvalue weighted by Crippen LogP contribution is -2.40. The number of likely N-dealkylation sites (tertiary alicyclic amines) is 1. The van der Waals surface area contributed by atoms with Crippen LogP contribution in [0.2, 0.25) is 0 Å². The molecule has 8 nitrogen and oxygen atoms in total. The molecule has 2 aliphatic rings. The zero-order valence-electron chi connectivity index (χ0n) is 21.2. The van der Waals surface area contributed by atoms with Crippen molar-refractivity contribution in [3.05, 3.63) is 52.6 Å². The van der Waals surface area contributed by atoms with E-state index >= 15 is 0 Å². The zero-order chi connectivity index (χ0) is 26.9. The molecule has 0 radical (unpaired) electrons. The van der Waals surface area contributed by atoms with Crippen LogP contribution in [-0.4, -0.2) is 62.7 Å². The Kier molecular flexibility index (Phi) is 7.24. The molecule has 0 saturated carbocycles. The van der Waals surface area contributed by atoms with Gasteiger partial charge in [0, 0.05) is 49.7 Å². The first-order valence-electron chi connectivity index (χ1n) is 12.7. The first-order valence-corrected chi connectivity index (χ1v) is 12.7. The summed E-state index contributed by atoms with van der Waals surface area (Å²) in [5.41, 5.74) is 5.33. The minimum atomic E-state index is -4.22. The van der Waals surface area contributed by atoms with Crippen LogP contribution in [0.3, 0.4) is 0 Å². The van der Waals surface area contributed by atoms with E-state index in [0.717, 1.165) is 60.3 Å². The Morgan fingerprint density at radius 2 is 1.89 bits per heavy atom. The second-order valence-corrected chi connectivity index (χ2v) is 10.1. The van der Waals surface area contributed by atoms with Gasteiger partial charge in [-0.2, -0.15) is 23.7 Å². The van der Waals surface area contributed by atoms with Gasteiger partial charge in [-0.05, 0) is 49.4 Å². The van der Waals surface area contributed by atoms with Crippen molar-refractivity contribution in [1.82, 2.24) is 24.3 Å².